The zero-order valence-electron chi connectivity index (χ0n) is 9.83. The van der Waals surface area contributed by atoms with Gasteiger partial charge in [-0.2, -0.15) is 0 Å². The quantitative estimate of drug-likeness (QED) is 0.606. The van der Waals surface area contributed by atoms with Gasteiger partial charge in [-0.05, 0) is 48.9 Å². The summed E-state index contributed by atoms with van der Waals surface area (Å²) in [5, 5.41) is 0. The molecule has 1 aromatic rings. The fraction of sp³-hybridized carbons (Fsp3) is 0.455. The third-order valence-electron chi connectivity index (χ3n) is 2.04. The van der Waals surface area contributed by atoms with E-state index in [1.54, 1.807) is 20.8 Å². The lowest BCUT2D eigenvalue weighted by Gasteiger charge is -2.02. The lowest BCUT2D eigenvalue weighted by molar-refractivity contribution is 0.0525. The van der Waals surface area contributed by atoms with E-state index in [0.717, 1.165) is 2.88 Å². The molecule has 0 amide bonds. The Labute approximate surface area is 117 Å². The summed E-state index contributed by atoms with van der Waals surface area (Å²) >= 11 is 3.29. The maximum absolute atomic E-state index is 11.7. The Balaban J connectivity index is 3.09. The van der Waals surface area contributed by atoms with Gasteiger partial charge in [0.2, 0.25) is 0 Å². The summed E-state index contributed by atoms with van der Waals surface area (Å²) < 4.78 is 10.6. The SMILES string of the molecule is CCOC(=O)c1sc(I)c(C(=O)OCC)c1C. The van der Waals surface area contributed by atoms with Crippen LogP contribution in [0.1, 0.15) is 39.4 Å². The van der Waals surface area contributed by atoms with Crippen LogP contribution >= 0.6 is 33.9 Å². The van der Waals surface area contributed by atoms with Gasteiger partial charge < -0.3 is 9.47 Å². The van der Waals surface area contributed by atoms with Crippen molar-refractivity contribution in [2.45, 2.75) is 20.8 Å². The molecule has 0 spiro atoms. The van der Waals surface area contributed by atoms with Gasteiger partial charge in [-0.25, -0.2) is 9.59 Å². The molecule has 6 heteroatoms. The highest BCUT2D eigenvalue weighted by Crippen LogP contribution is 2.30. The molecule has 0 atom stereocenters. The highest BCUT2D eigenvalue weighted by atomic mass is 127. The molecule has 1 rings (SSSR count). The van der Waals surface area contributed by atoms with Gasteiger partial charge in [-0.15, -0.1) is 11.3 Å². The van der Waals surface area contributed by atoms with Crippen LogP contribution in [0.15, 0.2) is 0 Å². The summed E-state index contributed by atoms with van der Waals surface area (Å²) in [7, 11) is 0. The van der Waals surface area contributed by atoms with Gasteiger partial charge in [0, 0.05) is 0 Å². The highest BCUT2D eigenvalue weighted by molar-refractivity contribution is 14.1. The van der Waals surface area contributed by atoms with Crippen molar-refractivity contribution < 1.29 is 19.1 Å². The number of rotatable bonds is 4. The van der Waals surface area contributed by atoms with E-state index in [9.17, 15) is 9.59 Å². The van der Waals surface area contributed by atoms with E-state index in [1.165, 1.54) is 11.3 Å². The van der Waals surface area contributed by atoms with Crippen LogP contribution in [0.25, 0.3) is 0 Å². The Hall–Kier alpha value is -0.630. The molecule has 0 bridgehead atoms. The average Bonchev–Trinajstić information content (AvgIpc) is 2.55. The molecular formula is C11H13IO4S. The second-order valence-corrected chi connectivity index (χ2v) is 5.98. The van der Waals surface area contributed by atoms with Crippen LogP contribution < -0.4 is 0 Å². The molecule has 0 aliphatic heterocycles. The van der Waals surface area contributed by atoms with Crippen molar-refractivity contribution in [1.82, 2.24) is 0 Å². The van der Waals surface area contributed by atoms with Gasteiger partial charge in [0.1, 0.15) is 4.88 Å². The zero-order valence-corrected chi connectivity index (χ0v) is 12.8. The number of esters is 2. The molecule has 0 radical (unpaired) electrons. The average molecular weight is 368 g/mol. The first-order valence-electron chi connectivity index (χ1n) is 5.16. The van der Waals surface area contributed by atoms with E-state index in [1.807, 2.05) is 22.6 Å². The largest absolute Gasteiger partial charge is 0.462 e. The van der Waals surface area contributed by atoms with Crippen molar-refractivity contribution in [3.05, 3.63) is 18.9 Å². The summed E-state index contributed by atoms with van der Waals surface area (Å²) in [6, 6.07) is 0. The number of hydrogen-bond donors (Lipinski definition) is 0. The lowest BCUT2D eigenvalue weighted by atomic mass is 10.2. The van der Waals surface area contributed by atoms with E-state index in [0.29, 0.717) is 29.2 Å². The van der Waals surface area contributed by atoms with Gasteiger partial charge in [-0.1, -0.05) is 0 Å². The monoisotopic (exact) mass is 368 g/mol. The molecule has 0 fully saturated rings. The summed E-state index contributed by atoms with van der Waals surface area (Å²) in [6.07, 6.45) is 0. The number of ether oxygens (including phenoxy) is 2. The number of hydrogen-bond acceptors (Lipinski definition) is 5. The van der Waals surface area contributed by atoms with Crippen LogP contribution in [0, 0.1) is 9.81 Å². The molecule has 0 unspecified atom stereocenters. The zero-order chi connectivity index (χ0) is 13.0. The first-order valence-corrected chi connectivity index (χ1v) is 7.05. The molecule has 1 heterocycles. The molecule has 4 nitrogen and oxygen atoms in total. The minimum atomic E-state index is -0.388. The van der Waals surface area contributed by atoms with E-state index in [2.05, 4.69) is 0 Å². The van der Waals surface area contributed by atoms with Crippen LogP contribution in [0.5, 0.6) is 0 Å². The predicted molar refractivity (Wildman–Crippen MR) is 73.7 cm³/mol. The Morgan fingerprint density at radius 1 is 1.18 bits per heavy atom. The molecule has 0 saturated carbocycles. The van der Waals surface area contributed by atoms with Crippen molar-refractivity contribution >= 4 is 45.9 Å². The summed E-state index contributed by atoms with van der Waals surface area (Å²) in [5.74, 6) is -0.773. The van der Waals surface area contributed by atoms with Crippen LogP contribution in [0.3, 0.4) is 0 Å². The molecule has 0 saturated heterocycles. The second kappa shape index (κ2) is 6.34. The third-order valence-corrected chi connectivity index (χ3v) is 4.30. The van der Waals surface area contributed by atoms with Crippen LogP contribution in [0.4, 0.5) is 0 Å². The van der Waals surface area contributed by atoms with Gasteiger partial charge in [0.05, 0.1) is 21.7 Å². The molecule has 0 aliphatic carbocycles. The second-order valence-electron chi connectivity index (χ2n) is 3.15. The van der Waals surface area contributed by atoms with Crippen molar-refractivity contribution in [3.63, 3.8) is 0 Å². The standard InChI is InChI=1S/C11H13IO4S/c1-4-15-10(13)7-6(3)8(17-9(7)12)11(14)16-5-2/h4-5H2,1-3H3. The van der Waals surface area contributed by atoms with E-state index < -0.39 is 0 Å². The Kier molecular flexibility index (Phi) is 5.38. The number of carbonyl (C=O) groups is 2. The van der Waals surface area contributed by atoms with E-state index in [4.69, 9.17) is 9.47 Å². The normalized spacial score (nSPS) is 10.1. The Morgan fingerprint density at radius 3 is 2.24 bits per heavy atom. The maximum Gasteiger partial charge on any atom is 0.348 e. The fourth-order valence-electron chi connectivity index (χ4n) is 1.31. The first kappa shape index (κ1) is 14.4. The molecule has 1 aromatic heterocycles. The van der Waals surface area contributed by atoms with Crippen LogP contribution in [-0.4, -0.2) is 25.2 Å². The number of carbonyl (C=O) groups excluding carboxylic acids is 2. The van der Waals surface area contributed by atoms with Crippen molar-refractivity contribution in [3.8, 4) is 0 Å². The van der Waals surface area contributed by atoms with Crippen molar-refractivity contribution in [1.29, 1.82) is 0 Å². The van der Waals surface area contributed by atoms with Gasteiger partial charge >= 0.3 is 11.9 Å². The first-order chi connectivity index (χ1) is 8.02. The van der Waals surface area contributed by atoms with E-state index >= 15 is 0 Å². The van der Waals surface area contributed by atoms with Crippen molar-refractivity contribution in [2.75, 3.05) is 13.2 Å². The third kappa shape index (κ3) is 3.19. The minimum Gasteiger partial charge on any atom is -0.462 e. The molecule has 0 N–H and O–H groups in total. The topological polar surface area (TPSA) is 52.6 Å². The molecular weight excluding hydrogens is 355 g/mol. The molecule has 0 aliphatic rings. The van der Waals surface area contributed by atoms with Crippen molar-refractivity contribution in [2.24, 2.45) is 0 Å². The number of thiophene rings is 1. The minimum absolute atomic E-state index is 0.318. The Bertz CT molecular complexity index is 439. The maximum atomic E-state index is 11.7. The van der Waals surface area contributed by atoms with Gasteiger partial charge in [-0.3, -0.25) is 0 Å². The van der Waals surface area contributed by atoms with Crippen LogP contribution in [0.2, 0.25) is 0 Å². The predicted octanol–water partition coefficient (Wildman–Crippen LogP) is 3.01. The summed E-state index contributed by atoms with van der Waals surface area (Å²) in [5.41, 5.74) is 1.11. The van der Waals surface area contributed by atoms with E-state index in [-0.39, 0.29) is 11.9 Å². The van der Waals surface area contributed by atoms with Crippen LogP contribution in [-0.2, 0) is 9.47 Å². The lowest BCUT2D eigenvalue weighted by Crippen LogP contribution is -2.08. The highest BCUT2D eigenvalue weighted by Gasteiger charge is 2.24. The molecule has 17 heavy (non-hydrogen) atoms. The molecule has 94 valence electrons. The summed E-state index contributed by atoms with van der Waals surface area (Å²) in [6.45, 7) is 5.87. The number of halogens is 1. The smallest absolute Gasteiger partial charge is 0.348 e. The summed E-state index contributed by atoms with van der Waals surface area (Å²) in [4.78, 5) is 23.8. The molecule has 0 aromatic carbocycles. The van der Waals surface area contributed by atoms with Gasteiger partial charge in [0.25, 0.3) is 0 Å². The Morgan fingerprint density at radius 2 is 1.71 bits per heavy atom. The fourth-order valence-corrected chi connectivity index (χ4v) is 3.51. The van der Waals surface area contributed by atoms with Gasteiger partial charge in [0.15, 0.2) is 0 Å².